The Morgan fingerprint density at radius 2 is 2.00 bits per heavy atom. The van der Waals surface area contributed by atoms with Gasteiger partial charge in [-0.25, -0.2) is 4.79 Å². The maximum atomic E-state index is 13.1. The number of halogens is 1. The second kappa shape index (κ2) is 10.9. The van der Waals surface area contributed by atoms with Crippen LogP contribution in [0.25, 0.3) is 17.0 Å². The zero-order valence-electron chi connectivity index (χ0n) is 20.2. The molecular formula is C26H29ClN4O4. The Bertz CT molecular complexity index is 1220. The third-order valence-electron chi connectivity index (χ3n) is 5.74. The first-order chi connectivity index (χ1) is 16.9. The number of benzene rings is 2. The standard InChI is InChI=1S/C26H29ClN4O4/c1-16(2)34-13-7-12-31-17(3)22(23(28-26(31)32)18-8-6-11-21(15-18)33-4)25-29-24(30-35-25)19-9-5-10-20(27)14-19/h5-6,8-11,14-16,23H,7,12-13H2,1-4H3,(H,28,32). The van der Waals surface area contributed by atoms with E-state index in [1.165, 1.54) is 0 Å². The molecule has 4 rings (SSSR count). The molecule has 0 bridgehead atoms. The van der Waals surface area contributed by atoms with Crippen LogP contribution in [0, 0.1) is 0 Å². The summed E-state index contributed by atoms with van der Waals surface area (Å²) in [5, 5.41) is 7.87. The number of ether oxygens (including phenoxy) is 2. The molecule has 1 atom stereocenters. The molecule has 1 unspecified atom stereocenters. The van der Waals surface area contributed by atoms with Gasteiger partial charge in [-0.2, -0.15) is 4.98 Å². The van der Waals surface area contributed by atoms with Crippen LogP contribution in [0.5, 0.6) is 5.75 Å². The Morgan fingerprint density at radius 3 is 2.74 bits per heavy atom. The van der Waals surface area contributed by atoms with E-state index in [0.29, 0.717) is 42.1 Å². The van der Waals surface area contributed by atoms with Gasteiger partial charge in [0.1, 0.15) is 5.75 Å². The molecule has 1 aromatic heterocycles. The van der Waals surface area contributed by atoms with Crippen LogP contribution in [0.3, 0.4) is 0 Å². The molecule has 1 N–H and O–H groups in total. The van der Waals surface area contributed by atoms with Gasteiger partial charge >= 0.3 is 6.03 Å². The summed E-state index contributed by atoms with van der Waals surface area (Å²) in [6, 6.07) is 14.1. The Kier molecular flexibility index (Phi) is 7.73. The minimum absolute atomic E-state index is 0.137. The monoisotopic (exact) mass is 496 g/mol. The molecule has 1 aliphatic heterocycles. The van der Waals surface area contributed by atoms with E-state index in [4.69, 9.17) is 25.6 Å². The largest absolute Gasteiger partial charge is 0.497 e. The molecule has 2 aromatic carbocycles. The molecule has 0 spiro atoms. The van der Waals surface area contributed by atoms with Crippen molar-refractivity contribution in [2.75, 3.05) is 20.3 Å². The molecule has 2 amide bonds. The van der Waals surface area contributed by atoms with E-state index in [1.54, 1.807) is 24.1 Å². The predicted octanol–water partition coefficient (Wildman–Crippen LogP) is 5.71. The molecule has 9 heteroatoms. The molecule has 3 aromatic rings. The molecule has 0 fully saturated rings. The normalized spacial score (nSPS) is 16.1. The molecule has 1 aliphatic rings. The average Bonchev–Trinajstić information content (AvgIpc) is 3.33. The van der Waals surface area contributed by atoms with Gasteiger partial charge in [0, 0.05) is 29.4 Å². The van der Waals surface area contributed by atoms with Crippen molar-refractivity contribution in [3.63, 3.8) is 0 Å². The van der Waals surface area contributed by atoms with Crippen molar-refractivity contribution >= 4 is 23.2 Å². The van der Waals surface area contributed by atoms with Gasteiger partial charge in [-0.3, -0.25) is 4.90 Å². The lowest BCUT2D eigenvalue weighted by molar-refractivity contribution is 0.0736. The van der Waals surface area contributed by atoms with Gasteiger partial charge in [-0.1, -0.05) is 41.0 Å². The fourth-order valence-electron chi connectivity index (χ4n) is 4.02. The summed E-state index contributed by atoms with van der Waals surface area (Å²) in [4.78, 5) is 19.5. The molecule has 35 heavy (non-hydrogen) atoms. The number of urea groups is 1. The summed E-state index contributed by atoms with van der Waals surface area (Å²) < 4.78 is 16.8. The van der Waals surface area contributed by atoms with Gasteiger partial charge in [-0.15, -0.1) is 0 Å². The number of amides is 2. The van der Waals surface area contributed by atoms with E-state index >= 15 is 0 Å². The number of nitrogens with zero attached hydrogens (tertiary/aromatic N) is 3. The number of carbonyl (C=O) groups is 1. The molecule has 184 valence electrons. The number of rotatable bonds is 9. The zero-order chi connectivity index (χ0) is 24.9. The van der Waals surface area contributed by atoms with Crippen molar-refractivity contribution in [1.82, 2.24) is 20.4 Å². The smallest absolute Gasteiger partial charge is 0.322 e. The fourth-order valence-corrected chi connectivity index (χ4v) is 4.21. The number of allylic oxidation sites excluding steroid dienone is 1. The third kappa shape index (κ3) is 5.66. The SMILES string of the molecule is COc1cccc(C2NC(=O)N(CCCOC(C)C)C(C)=C2c2nc(-c3cccc(Cl)c3)no2)c1. The first-order valence-electron chi connectivity index (χ1n) is 11.5. The van der Waals surface area contributed by atoms with Gasteiger partial charge in [-0.05, 0) is 57.0 Å². The van der Waals surface area contributed by atoms with E-state index in [2.05, 4.69) is 15.5 Å². The van der Waals surface area contributed by atoms with Gasteiger partial charge in [0.15, 0.2) is 0 Å². The molecule has 0 saturated heterocycles. The second-order valence-electron chi connectivity index (χ2n) is 8.52. The van der Waals surface area contributed by atoms with Crippen molar-refractivity contribution in [2.24, 2.45) is 0 Å². The van der Waals surface area contributed by atoms with Crippen LogP contribution in [0.4, 0.5) is 4.79 Å². The number of hydrogen-bond donors (Lipinski definition) is 1. The second-order valence-corrected chi connectivity index (χ2v) is 8.95. The van der Waals surface area contributed by atoms with Crippen LogP contribution in [-0.4, -0.2) is 47.4 Å². The summed E-state index contributed by atoms with van der Waals surface area (Å²) in [7, 11) is 1.61. The average molecular weight is 497 g/mol. The van der Waals surface area contributed by atoms with Gasteiger partial charge < -0.3 is 19.3 Å². The van der Waals surface area contributed by atoms with Crippen molar-refractivity contribution < 1.29 is 18.8 Å². The van der Waals surface area contributed by atoms with Crippen molar-refractivity contribution in [3.8, 4) is 17.1 Å². The van der Waals surface area contributed by atoms with E-state index < -0.39 is 6.04 Å². The first kappa shape index (κ1) is 24.8. The van der Waals surface area contributed by atoms with Crippen LogP contribution in [0.2, 0.25) is 5.02 Å². The highest BCUT2D eigenvalue weighted by Crippen LogP contribution is 2.38. The summed E-state index contributed by atoms with van der Waals surface area (Å²) in [5.74, 6) is 1.43. The Balaban J connectivity index is 1.73. The third-order valence-corrected chi connectivity index (χ3v) is 5.98. The molecule has 0 radical (unpaired) electrons. The van der Waals surface area contributed by atoms with Crippen LogP contribution >= 0.6 is 11.6 Å². The number of methoxy groups -OCH3 is 1. The van der Waals surface area contributed by atoms with Crippen LogP contribution in [-0.2, 0) is 4.74 Å². The van der Waals surface area contributed by atoms with E-state index in [-0.39, 0.29) is 12.1 Å². The van der Waals surface area contributed by atoms with Gasteiger partial charge in [0.05, 0.1) is 24.8 Å². The number of hydrogen-bond acceptors (Lipinski definition) is 6. The highest BCUT2D eigenvalue weighted by molar-refractivity contribution is 6.30. The number of aromatic nitrogens is 2. The maximum absolute atomic E-state index is 13.1. The van der Waals surface area contributed by atoms with Crippen LogP contribution in [0.1, 0.15) is 44.7 Å². The van der Waals surface area contributed by atoms with E-state index in [9.17, 15) is 4.79 Å². The highest BCUT2D eigenvalue weighted by atomic mass is 35.5. The molecule has 8 nitrogen and oxygen atoms in total. The maximum Gasteiger partial charge on any atom is 0.322 e. The van der Waals surface area contributed by atoms with E-state index in [0.717, 1.165) is 22.4 Å². The predicted molar refractivity (Wildman–Crippen MR) is 134 cm³/mol. The first-order valence-corrected chi connectivity index (χ1v) is 11.9. The lowest BCUT2D eigenvalue weighted by Crippen LogP contribution is -2.46. The Labute approximate surface area is 209 Å². The molecule has 0 saturated carbocycles. The lowest BCUT2D eigenvalue weighted by atomic mass is 9.94. The Hall–Kier alpha value is -3.36. The minimum Gasteiger partial charge on any atom is -0.497 e. The number of carbonyl (C=O) groups excluding carboxylic acids is 1. The van der Waals surface area contributed by atoms with E-state index in [1.807, 2.05) is 57.2 Å². The molecule has 2 heterocycles. The lowest BCUT2D eigenvalue weighted by Gasteiger charge is -2.35. The van der Waals surface area contributed by atoms with Crippen molar-refractivity contribution in [2.45, 2.75) is 39.3 Å². The van der Waals surface area contributed by atoms with Gasteiger partial charge in [0.2, 0.25) is 5.82 Å². The van der Waals surface area contributed by atoms with Gasteiger partial charge in [0.25, 0.3) is 5.89 Å². The molecule has 0 aliphatic carbocycles. The summed E-state index contributed by atoms with van der Waals surface area (Å²) >= 11 is 6.15. The molecular weight excluding hydrogens is 468 g/mol. The topological polar surface area (TPSA) is 89.7 Å². The van der Waals surface area contributed by atoms with Crippen molar-refractivity contribution in [3.05, 3.63) is 70.7 Å². The van der Waals surface area contributed by atoms with Crippen LogP contribution < -0.4 is 10.1 Å². The Morgan fingerprint density at radius 1 is 1.20 bits per heavy atom. The fraction of sp³-hybridized carbons (Fsp3) is 0.346. The van der Waals surface area contributed by atoms with Crippen molar-refractivity contribution in [1.29, 1.82) is 0 Å². The highest BCUT2D eigenvalue weighted by Gasteiger charge is 2.35. The minimum atomic E-state index is -0.492. The quantitative estimate of drug-likeness (QED) is 0.381. The van der Waals surface area contributed by atoms with Crippen LogP contribution in [0.15, 0.2) is 58.8 Å². The number of nitrogens with one attached hydrogen (secondary N) is 1. The summed E-state index contributed by atoms with van der Waals surface area (Å²) in [5.41, 5.74) is 3.05. The summed E-state index contributed by atoms with van der Waals surface area (Å²) in [6.45, 7) is 6.93. The summed E-state index contributed by atoms with van der Waals surface area (Å²) in [6.07, 6.45) is 0.829. The zero-order valence-corrected chi connectivity index (χ0v) is 21.0.